The Morgan fingerprint density at radius 3 is 2.50 bits per heavy atom. The van der Waals surface area contributed by atoms with Crippen molar-refractivity contribution in [2.75, 3.05) is 5.32 Å². The molecule has 5 heteroatoms. The molecule has 0 saturated heterocycles. The van der Waals surface area contributed by atoms with E-state index in [2.05, 4.69) is 27.9 Å². The quantitative estimate of drug-likeness (QED) is 0.782. The molecule has 0 aliphatic heterocycles. The fourth-order valence-corrected chi connectivity index (χ4v) is 3.16. The topological polar surface area (TPSA) is 66.4 Å². The van der Waals surface area contributed by atoms with E-state index in [-0.39, 0.29) is 5.91 Å². The van der Waals surface area contributed by atoms with Crippen LogP contribution >= 0.6 is 22.6 Å². The molecule has 1 aliphatic carbocycles. The van der Waals surface area contributed by atoms with Gasteiger partial charge in [0.1, 0.15) is 0 Å². The molecule has 20 heavy (non-hydrogen) atoms. The van der Waals surface area contributed by atoms with Crippen LogP contribution in [-0.4, -0.2) is 17.0 Å². The van der Waals surface area contributed by atoms with Gasteiger partial charge in [-0.3, -0.25) is 9.59 Å². The molecule has 1 aromatic carbocycles. The average molecular weight is 387 g/mol. The van der Waals surface area contributed by atoms with Crippen LogP contribution in [0, 0.1) is 22.3 Å². The first kappa shape index (κ1) is 15.3. The summed E-state index contributed by atoms with van der Waals surface area (Å²) in [7, 11) is 0. The highest BCUT2D eigenvalue weighted by Crippen LogP contribution is 2.31. The summed E-state index contributed by atoms with van der Waals surface area (Å²) in [6, 6.07) is 5.72. The van der Waals surface area contributed by atoms with Crippen LogP contribution in [0.1, 0.15) is 31.2 Å². The third-order valence-electron chi connectivity index (χ3n) is 3.86. The second-order valence-electron chi connectivity index (χ2n) is 5.29. The lowest BCUT2D eigenvalue weighted by Gasteiger charge is -2.27. The fraction of sp³-hybridized carbons (Fsp3) is 0.467. The van der Waals surface area contributed by atoms with Gasteiger partial charge in [0.15, 0.2) is 0 Å². The van der Waals surface area contributed by atoms with Gasteiger partial charge in [0.05, 0.1) is 11.8 Å². The van der Waals surface area contributed by atoms with Crippen molar-refractivity contribution < 1.29 is 14.7 Å². The first-order valence-electron chi connectivity index (χ1n) is 6.79. The van der Waals surface area contributed by atoms with Crippen LogP contribution in [0.15, 0.2) is 18.2 Å². The highest BCUT2D eigenvalue weighted by molar-refractivity contribution is 14.1. The van der Waals surface area contributed by atoms with E-state index in [9.17, 15) is 14.7 Å². The largest absolute Gasteiger partial charge is 0.481 e. The zero-order valence-corrected chi connectivity index (χ0v) is 13.5. The number of hydrogen-bond acceptors (Lipinski definition) is 2. The summed E-state index contributed by atoms with van der Waals surface area (Å²) < 4.78 is 1.08. The normalized spacial score (nSPS) is 22.3. The summed E-state index contributed by atoms with van der Waals surface area (Å²) in [6.45, 7) is 2.01. The second kappa shape index (κ2) is 6.56. The average Bonchev–Trinajstić information content (AvgIpc) is 2.43. The number of aliphatic carboxylic acids is 1. The van der Waals surface area contributed by atoms with Crippen LogP contribution in [0.5, 0.6) is 0 Å². The van der Waals surface area contributed by atoms with Gasteiger partial charge in [-0.2, -0.15) is 0 Å². The minimum absolute atomic E-state index is 0.170. The minimum atomic E-state index is -0.858. The van der Waals surface area contributed by atoms with E-state index in [1.807, 2.05) is 25.1 Å². The predicted octanol–water partition coefficient (Wildman–Crippen LogP) is 3.43. The number of amides is 1. The van der Waals surface area contributed by atoms with Gasteiger partial charge in [-0.05, 0) is 60.1 Å². The molecule has 0 aromatic heterocycles. The van der Waals surface area contributed by atoms with Crippen LogP contribution in [0.25, 0.3) is 0 Å². The van der Waals surface area contributed by atoms with Gasteiger partial charge in [0.25, 0.3) is 0 Å². The van der Waals surface area contributed by atoms with Gasteiger partial charge >= 0.3 is 5.97 Å². The first-order chi connectivity index (χ1) is 9.49. The second-order valence-corrected chi connectivity index (χ2v) is 6.45. The SMILES string of the molecule is Cc1ccc(NC(=O)[C@@H]2CCCC[C@@H]2C(=O)O)cc1I. The third-order valence-corrected chi connectivity index (χ3v) is 5.02. The number of halogens is 1. The number of carboxylic acid groups (broad SMARTS) is 1. The van der Waals surface area contributed by atoms with Crippen LogP contribution < -0.4 is 5.32 Å². The maximum Gasteiger partial charge on any atom is 0.307 e. The molecule has 1 aliphatic rings. The van der Waals surface area contributed by atoms with Crippen molar-refractivity contribution >= 4 is 40.2 Å². The number of nitrogens with one attached hydrogen (secondary N) is 1. The lowest BCUT2D eigenvalue weighted by Crippen LogP contribution is -2.36. The van der Waals surface area contributed by atoms with E-state index >= 15 is 0 Å². The van der Waals surface area contributed by atoms with E-state index in [4.69, 9.17) is 0 Å². The van der Waals surface area contributed by atoms with Gasteiger partial charge < -0.3 is 10.4 Å². The lowest BCUT2D eigenvalue weighted by atomic mass is 9.78. The highest BCUT2D eigenvalue weighted by atomic mass is 127. The number of hydrogen-bond donors (Lipinski definition) is 2. The molecule has 0 heterocycles. The van der Waals surface area contributed by atoms with Crippen LogP contribution in [0.4, 0.5) is 5.69 Å². The van der Waals surface area contributed by atoms with E-state index in [1.165, 1.54) is 0 Å². The zero-order valence-electron chi connectivity index (χ0n) is 11.4. The van der Waals surface area contributed by atoms with E-state index in [1.54, 1.807) is 0 Å². The Bertz CT molecular complexity index is 530. The number of rotatable bonds is 3. The molecule has 0 unspecified atom stereocenters. The van der Waals surface area contributed by atoms with Crippen molar-refractivity contribution in [1.82, 2.24) is 0 Å². The zero-order chi connectivity index (χ0) is 14.7. The summed E-state index contributed by atoms with van der Waals surface area (Å²) in [5.41, 5.74) is 1.89. The van der Waals surface area contributed by atoms with E-state index in [0.717, 1.165) is 27.7 Å². The molecule has 1 saturated carbocycles. The van der Waals surface area contributed by atoms with Gasteiger partial charge in [-0.25, -0.2) is 0 Å². The van der Waals surface area contributed by atoms with Gasteiger partial charge in [-0.1, -0.05) is 18.9 Å². The van der Waals surface area contributed by atoms with Gasteiger partial charge in [0.2, 0.25) is 5.91 Å². The molecule has 2 rings (SSSR count). The summed E-state index contributed by atoms with van der Waals surface area (Å²) in [5, 5.41) is 12.1. The Morgan fingerprint density at radius 2 is 1.90 bits per heavy atom. The Morgan fingerprint density at radius 1 is 1.25 bits per heavy atom. The van der Waals surface area contributed by atoms with Crippen LogP contribution in [0.2, 0.25) is 0 Å². The highest BCUT2D eigenvalue weighted by Gasteiger charge is 2.35. The number of anilines is 1. The van der Waals surface area contributed by atoms with E-state index in [0.29, 0.717) is 12.8 Å². The minimum Gasteiger partial charge on any atom is -0.481 e. The van der Waals surface area contributed by atoms with Crippen molar-refractivity contribution in [3.8, 4) is 0 Å². The molecule has 0 radical (unpaired) electrons. The molecule has 4 nitrogen and oxygen atoms in total. The van der Waals surface area contributed by atoms with Crippen LogP contribution in [-0.2, 0) is 9.59 Å². The maximum absolute atomic E-state index is 12.3. The summed E-state index contributed by atoms with van der Waals surface area (Å²) in [5.74, 6) is -1.99. The van der Waals surface area contributed by atoms with Crippen molar-refractivity contribution in [3.05, 3.63) is 27.3 Å². The number of aryl methyl sites for hydroxylation is 1. The van der Waals surface area contributed by atoms with Crippen molar-refractivity contribution in [2.24, 2.45) is 11.8 Å². The Hall–Kier alpha value is -1.11. The predicted molar refractivity (Wildman–Crippen MR) is 85.6 cm³/mol. The number of carbonyl (C=O) groups is 2. The molecule has 108 valence electrons. The Labute approximate surface area is 132 Å². The molecular weight excluding hydrogens is 369 g/mol. The monoisotopic (exact) mass is 387 g/mol. The maximum atomic E-state index is 12.3. The molecule has 0 bridgehead atoms. The lowest BCUT2D eigenvalue weighted by molar-refractivity contribution is -0.147. The standard InChI is InChI=1S/C15H18INO3/c1-9-6-7-10(8-13(9)16)17-14(18)11-4-2-3-5-12(11)15(19)20/h6-8,11-12H,2-5H2,1H3,(H,17,18)(H,19,20)/t11-,12+/m1/s1. The Balaban J connectivity index is 2.09. The summed E-state index contributed by atoms with van der Waals surface area (Å²) >= 11 is 2.22. The molecule has 2 atom stereocenters. The summed E-state index contributed by atoms with van der Waals surface area (Å²) in [6.07, 6.45) is 3.07. The van der Waals surface area contributed by atoms with E-state index < -0.39 is 17.8 Å². The number of carbonyl (C=O) groups excluding carboxylic acids is 1. The third kappa shape index (κ3) is 3.50. The first-order valence-corrected chi connectivity index (χ1v) is 7.86. The van der Waals surface area contributed by atoms with Crippen molar-refractivity contribution in [1.29, 1.82) is 0 Å². The molecule has 1 amide bonds. The van der Waals surface area contributed by atoms with Gasteiger partial charge in [0, 0.05) is 9.26 Å². The molecular formula is C15H18INO3. The number of benzene rings is 1. The van der Waals surface area contributed by atoms with Gasteiger partial charge in [-0.15, -0.1) is 0 Å². The fourth-order valence-electron chi connectivity index (χ4n) is 2.65. The van der Waals surface area contributed by atoms with Crippen molar-refractivity contribution in [2.45, 2.75) is 32.6 Å². The number of carboxylic acids is 1. The van der Waals surface area contributed by atoms with Crippen molar-refractivity contribution in [3.63, 3.8) is 0 Å². The van der Waals surface area contributed by atoms with Crippen LogP contribution in [0.3, 0.4) is 0 Å². The summed E-state index contributed by atoms with van der Waals surface area (Å²) in [4.78, 5) is 23.5. The molecule has 0 spiro atoms. The molecule has 1 fully saturated rings. The Kier molecular flexibility index (Phi) is 5.01. The molecule has 2 N–H and O–H groups in total. The molecule has 1 aromatic rings. The smallest absolute Gasteiger partial charge is 0.307 e.